The molecule has 1 aliphatic heterocycles. The fourth-order valence-electron chi connectivity index (χ4n) is 2.78. The number of thiazole rings is 1. The van der Waals surface area contributed by atoms with E-state index in [2.05, 4.69) is 22.2 Å². The van der Waals surface area contributed by atoms with E-state index in [1.165, 1.54) is 0 Å². The second-order valence-corrected chi connectivity index (χ2v) is 5.78. The van der Waals surface area contributed by atoms with Crippen LogP contribution in [0, 0.1) is 0 Å². The molecule has 1 atom stereocenters. The predicted octanol–water partition coefficient (Wildman–Crippen LogP) is 2.96. The number of carbonyl (C=O) groups is 1. The topological polar surface area (TPSA) is 53.4 Å². The van der Waals surface area contributed by atoms with Gasteiger partial charge in [-0.2, -0.15) is 0 Å². The first-order chi connectivity index (χ1) is 9.66. The number of benzene rings is 1. The summed E-state index contributed by atoms with van der Waals surface area (Å²) >= 11 is 1.61. The maximum absolute atomic E-state index is 11.3. The summed E-state index contributed by atoms with van der Waals surface area (Å²) < 4.78 is 0. The number of hydrogen-bond donors (Lipinski definition) is 1. The van der Waals surface area contributed by atoms with Gasteiger partial charge in [-0.05, 0) is 30.5 Å². The lowest BCUT2D eigenvalue weighted by Gasteiger charge is -2.33. The minimum atomic E-state index is -0.831. The Balaban J connectivity index is 1.86. The summed E-state index contributed by atoms with van der Waals surface area (Å²) in [6.07, 6.45) is 0.784. The Labute approximate surface area is 121 Å². The van der Waals surface area contributed by atoms with E-state index in [4.69, 9.17) is 0 Å². The van der Waals surface area contributed by atoms with E-state index in [1.54, 1.807) is 17.4 Å². The molecule has 20 heavy (non-hydrogen) atoms. The SMILES string of the molecule is CC(c1cscn1)N1CCc2c(cccc2C(=O)O)C1. The van der Waals surface area contributed by atoms with Gasteiger partial charge in [0.15, 0.2) is 0 Å². The van der Waals surface area contributed by atoms with Crippen LogP contribution in [0.4, 0.5) is 0 Å². The Hall–Kier alpha value is -1.72. The lowest BCUT2D eigenvalue weighted by Crippen LogP contribution is -2.33. The molecular weight excluding hydrogens is 272 g/mol. The fraction of sp³-hybridized carbons (Fsp3) is 0.333. The number of hydrogen-bond acceptors (Lipinski definition) is 4. The van der Waals surface area contributed by atoms with Crippen LogP contribution in [0.3, 0.4) is 0 Å². The van der Waals surface area contributed by atoms with Crippen molar-refractivity contribution < 1.29 is 9.90 Å². The van der Waals surface area contributed by atoms with E-state index in [-0.39, 0.29) is 6.04 Å². The van der Waals surface area contributed by atoms with Crippen molar-refractivity contribution in [1.82, 2.24) is 9.88 Å². The van der Waals surface area contributed by atoms with Crippen molar-refractivity contribution in [1.29, 1.82) is 0 Å². The third-order valence-corrected chi connectivity index (χ3v) is 4.56. The minimum Gasteiger partial charge on any atom is -0.478 e. The molecule has 0 saturated carbocycles. The first kappa shape index (κ1) is 13.3. The molecule has 0 fully saturated rings. The summed E-state index contributed by atoms with van der Waals surface area (Å²) in [6, 6.07) is 5.82. The third-order valence-electron chi connectivity index (χ3n) is 3.95. The van der Waals surface area contributed by atoms with E-state index < -0.39 is 5.97 Å². The van der Waals surface area contributed by atoms with Gasteiger partial charge >= 0.3 is 5.97 Å². The molecule has 2 heterocycles. The Morgan fingerprint density at radius 2 is 2.35 bits per heavy atom. The molecule has 4 nitrogen and oxygen atoms in total. The van der Waals surface area contributed by atoms with Crippen molar-refractivity contribution in [2.45, 2.75) is 25.9 Å². The molecule has 0 radical (unpaired) electrons. The molecule has 3 rings (SSSR count). The highest BCUT2D eigenvalue weighted by atomic mass is 32.1. The van der Waals surface area contributed by atoms with Crippen LogP contribution in [0.2, 0.25) is 0 Å². The minimum absolute atomic E-state index is 0.267. The maximum Gasteiger partial charge on any atom is 0.335 e. The third kappa shape index (κ3) is 2.34. The number of rotatable bonds is 3. The second kappa shape index (κ2) is 5.34. The highest BCUT2D eigenvalue weighted by molar-refractivity contribution is 7.07. The summed E-state index contributed by atoms with van der Waals surface area (Å²) in [7, 11) is 0. The van der Waals surface area contributed by atoms with Crippen molar-refractivity contribution in [2.75, 3.05) is 6.54 Å². The van der Waals surface area contributed by atoms with E-state index >= 15 is 0 Å². The van der Waals surface area contributed by atoms with Crippen molar-refractivity contribution in [3.05, 3.63) is 51.5 Å². The highest BCUT2D eigenvalue weighted by Crippen LogP contribution is 2.29. The van der Waals surface area contributed by atoms with Crippen LogP contribution in [0.25, 0.3) is 0 Å². The van der Waals surface area contributed by atoms with Crippen molar-refractivity contribution >= 4 is 17.3 Å². The molecule has 1 aromatic carbocycles. The van der Waals surface area contributed by atoms with Crippen LogP contribution in [-0.4, -0.2) is 27.5 Å². The molecule has 0 saturated heterocycles. The average molecular weight is 288 g/mol. The van der Waals surface area contributed by atoms with Crippen LogP contribution >= 0.6 is 11.3 Å². The van der Waals surface area contributed by atoms with Gasteiger partial charge in [0, 0.05) is 18.5 Å². The van der Waals surface area contributed by atoms with Gasteiger partial charge in [-0.1, -0.05) is 12.1 Å². The Morgan fingerprint density at radius 1 is 1.50 bits per heavy atom. The summed E-state index contributed by atoms with van der Waals surface area (Å²) in [4.78, 5) is 18.0. The zero-order valence-electron chi connectivity index (χ0n) is 11.2. The molecule has 1 unspecified atom stereocenters. The summed E-state index contributed by atoms with van der Waals surface area (Å²) in [5, 5.41) is 11.3. The average Bonchev–Trinajstić information content (AvgIpc) is 2.99. The van der Waals surface area contributed by atoms with Gasteiger partial charge in [-0.25, -0.2) is 9.78 Å². The molecule has 1 aromatic heterocycles. The number of carboxylic acid groups (broad SMARTS) is 1. The van der Waals surface area contributed by atoms with E-state index in [1.807, 2.05) is 17.6 Å². The molecular formula is C15H16N2O2S. The zero-order valence-corrected chi connectivity index (χ0v) is 12.1. The van der Waals surface area contributed by atoms with Crippen LogP contribution < -0.4 is 0 Å². The molecule has 0 amide bonds. The van der Waals surface area contributed by atoms with Crippen LogP contribution in [-0.2, 0) is 13.0 Å². The molecule has 5 heteroatoms. The van der Waals surface area contributed by atoms with Gasteiger partial charge < -0.3 is 5.11 Å². The standard InChI is InChI=1S/C15H16N2O2S/c1-10(14-8-20-9-16-14)17-6-5-12-11(7-17)3-2-4-13(12)15(18)19/h2-4,8-10H,5-7H2,1H3,(H,18,19). The Morgan fingerprint density at radius 3 is 3.05 bits per heavy atom. The fourth-order valence-corrected chi connectivity index (χ4v) is 3.42. The van der Waals surface area contributed by atoms with Crippen LogP contribution in [0.1, 0.15) is 40.1 Å². The largest absolute Gasteiger partial charge is 0.478 e. The summed E-state index contributed by atoms with van der Waals surface area (Å²) in [5.41, 5.74) is 5.50. The number of nitrogens with zero attached hydrogens (tertiary/aromatic N) is 2. The van der Waals surface area contributed by atoms with Gasteiger partial charge in [0.1, 0.15) is 0 Å². The molecule has 2 aromatic rings. The predicted molar refractivity (Wildman–Crippen MR) is 78.0 cm³/mol. The highest BCUT2D eigenvalue weighted by Gasteiger charge is 2.25. The Kier molecular flexibility index (Phi) is 3.54. The maximum atomic E-state index is 11.3. The van der Waals surface area contributed by atoms with E-state index in [0.29, 0.717) is 5.56 Å². The second-order valence-electron chi connectivity index (χ2n) is 5.06. The lowest BCUT2D eigenvalue weighted by atomic mass is 9.93. The normalized spacial score (nSPS) is 16.6. The van der Waals surface area contributed by atoms with Crippen LogP contribution in [0.5, 0.6) is 0 Å². The van der Waals surface area contributed by atoms with Gasteiger partial charge in [0.2, 0.25) is 0 Å². The number of fused-ring (bicyclic) bond motifs is 1. The first-order valence-electron chi connectivity index (χ1n) is 6.63. The molecule has 0 bridgehead atoms. The van der Waals surface area contributed by atoms with Crippen LogP contribution in [0.15, 0.2) is 29.1 Å². The molecule has 1 aliphatic rings. The zero-order chi connectivity index (χ0) is 14.1. The lowest BCUT2D eigenvalue weighted by molar-refractivity contribution is 0.0694. The molecule has 0 spiro atoms. The Bertz CT molecular complexity index is 625. The molecule has 104 valence electrons. The first-order valence-corrected chi connectivity index (χ1v) is 7.57. The quantitative estimate of drug-likeness (QED) is 0.943. The van der Waals surface area contributed by atoms with Gasteiger partial charge in [-0.3, -0.25) is 4.90 Å². The van der Waals surface area contributed by atoms with Crippen molar-refractivity contribution in [3.63, 3.8) is 0 Å². The monoisotopic (exact) mass is 288 g/mol. The summed E-state index contributed by atoms with van der Waals surface area (Å²) in [6.45, 7) is 3.81. The van der Waals surface area contributed by atoms with E-state index in [9.17, 15) is 9.90 Å². The van der Waals surface area contributed by atoms with Gasteiger partial charge in [0.25, 0.3) is 0 Å². The number of carboxylic acids is 1. The van der Waals surface area contributed by atoms with Gasteiger partial charge in [-0.15, -0.1) is 11.3 Å². The summed E-state index contributed by atoms with van der Waals surface area (Å²) in [5.74, 6) is -0.831. The van der Waals surface area contributed by atoms with Gasteiger partial charge in [0.05, 0.1) is 22.8 Å². The number of aromatic nitrogens is 1. The molecule has 0 aliphatic carbocycles. The van der Waals surface area contributed by atoms with E-state index in [0.717, 1.165) is 36.3 Å². The van der Waals surface area contributed by atoms with Crippen molar-refractivity contribution in [2.24, 2.45) is 0 Å². The smallest absolute Gasteiger partial charge is 0.335 e. The van der Waals surface area contributed by atoms with Crippen molar-refractivity contribution in [3.8, 4) is 0 Å². The molecule has 1 N–H and O–H groups in total. The number of aromatic carboxylic acids is 1.